The second kappa shape index (κ2) is 3.83. The van der Waals surface area contributed by atoms with E-state index in [0.29, 0.717) is 6.42 Å². The van der Waals surface area contributed by atoms with Crippen molar-refractivity contribution in [2.24, 2.45) is 5.73 Å². The molecule has 1 fully saturated rings. The molecule has 15 heavy (non-hydrogen) atoms. The second-order valence-electron chi connectivity index (χ2n) is 4.28. The highest BCUT2D eigenvalue weighted by Gasteiger charge is 2.36. The van der Waals surface area contributed by atoms with E-state index in [1.165, 1.54) is 0 Å². The van der Waals surface area contributed by atoms with E-state index in [9.17, 15) is 5.11 Å². The molecule has 1 aromatic rings. The Labute approximate surface area is 89.9 Å². The first-order valence-electron chi connectivity index (χ1n) is 5.25. The van der Waals surface area contributed by atoms with Crippen molar-refractivity contribution in [3.8, 4) is 5.75 Å². The Kier molecular flexibility index (Phi) is 2.67. The number of benzene rings is 1. The fourth-order valence-electron chi connectivity index (χ4n) is 2.23. The third kappa shape index (κ3) is 1.98. The van der Waals surface area contributed by atoms with Crippen molar-refractivity contribution in [3.63, 3.8) is 0 Å². The molecule has 0 aliphatic heterocycles. The van der Waals surface area contributed by atoms with Gasteiger partial charge in [0.05, 0.1) is 13.2 Å². The average molecular weight is 207 g/mol. The quantitative estimate of drug-likeness (QED) is 0.770. The summed E-state index contributed by atoms with van der Waals surface area (Å²) in [5, 5.41) is 9.52. The van der Waals surface area contributed by atoms with Crippen LogP contribution in [0.25, 0.3) is 0 Å². The monoisotopic (exact) mass is 207 g/mol. The van der Waals surface area contributed by atoms with Crippen LogP contribution >= 0.6 is 0 Å². The minimum absolute atomic E-state index is 0.253. The molecule has 0 bridgehead atoms. The molecular weight excluding hydrogens is 190 g/mol. The van der Waals surface area contributed by atoms with Gasteiger partial charge in [0, 0.05) is 5.54 Å². The predicted molar refractivity (Wildman–Crippen MR) is 58.7 cm³/mol. The minimum Gasteiger partial charge on any atom is -0.497 e. The lowest BCUT2D eigenvalue weighted by molar-refractivity contribution is 0.174. The van der Waals surface area contributed by atoms with Crippen LogP contribution in [0.3, 0.4) is 0 Å². The molecule has 0 spiro atoms. The maximum atomic E-state index is 9.52. The van der Waals surface area contributed by atoms with Gasteiger partial charge < -0.3 is 15.6 Å². The van der Waals surface area contributed by atoms with Crippen molar-refractivity contribution in [3.05, 3.63) is 29.8 Å². The lowest BCUT2D eigenvalue weighted by Crippen LogP contribution is -2.34. The van der Waals surface area contributed by atoms with Crippen molar-refractivity contribution in [2.45, 2.75) is 30.9 Å². The molecule has 1 saturated carbocycles. The SMILES string of the molecule is COc1ccc(C2(N)CCC(O)C2)cc1. The standard InChI is InChI=1S/C12H17NO2/c1-15-11-4-2-9(3-5-11)12(13)7-6-10(14)8-12/h2-5,10,14H,6-8,13H2,1H3. The number of hydrogen-bond donors (Lipinski definition) is 2. The van der Waals surface area contributed by atoms with Crippen molar-refractivity contribution in [1.29, 1.82) is 0 Å². The zero-order valence-electron chi connectivity index (χ0n) is 8.94. The summed E-state index contributed by atoms with van der Waals surface area (Å²) in [5.74, 6) is 0.834. The maximum Gasteiger partial charge on any atom is 0.118 e. The largest absolute Gasteiger partial charge is 0.497 e. The first-order chi connectivity index (χ1) is 7.14. The van der Waals surface area contributed by atoms with Gasteiger partial charge in [0.25, 0.3) is 0 Å². The Morgan fingerprint density at radius 1 is 1.40 bits per heavy atom. The number of nitrogens with two attached hydrogens (primary N) is 1. The van der Waals surface area contributed by atoms with Gasteiger partial charge in [0.2, 0.25) is 0 Å². The van der Waals surface area contributed by atoms with Crippen molar-refractivity contribution < 1.29 is 9.84 Å². The molecule has 0 amide bonds. The molecule has 82 valence electrons. The van der Waals surface area contributed by atoms with Crippen LogP contribution in [0.15, 0.2) is 24.3 Å². The van der Waals surface area contributed by atoms with E-state index < -0.39 is 0 Å². The van der Waals surface area contributed by atoms with Gasteiger partial charge in [-0.15, -0.1) is 0 Å². The maximum absolute atomic E-state index is 9.52. The zero-order chi connectivity index (χ0) is 10.9. The molecule has 3 nitrogen and oxygen atoms in total. The Hall–Kier alpha value is -1.06. The lowest BCUT2D eigenvalue weighted by atomic mass is 9.89. The fourth-order valence-corrected chi connectivity index (χ4v) is 2.23. The van der Waals surface area contributed by atoms with E-state index in [-0.39, 0.29) is 11.6 Å². The smallest absolute Gasteiger partial charge is 0.118 e. The number of rotatable bonds is 2. The lowest BCUT2D eigenvalue weighted by Gasteiger charge is -2.24. The minimum atomic E-state index is -0.355. The molecule has 2 rings (SSSR count). The topological polar surface area (TPSA) is 55.5 Å². The van der Waals surface area contributed by atoms with Crippen LogP contribution < -0.4 is 10.5 Å². The first kappa shape index (κ1) is 10.5. The van der Waals surface area contributed by atoms with Crippen LogP contribution in [-0.4, -0.2) is 18.3 Å². The molecule has 3 heteroatoms. The highest BCUT2D eigenvalue weighted by Crippen LogP contribution is 2.36. The Morgan fingerprint density at radius 3 is 2.53 bits per heavy atom. The fraction of sp³-hybridized carbons (Fsp3) is 0.500. The summed E-state index contributed by atoms with van der Waals surface area (Å²) in [5.41, 5.74) is 6.99. The van der Waals surface area contributed by atoms with Gasteiger partial charge >= 0.3 is 0 Å². The second-order valence-corrected chi connectivity index (χ2v) is 4.28. The van der Waals surface area contributed by atoms with E-state index >= 15 is 0 Å². The highest BCUT2D eigenvalue weighted by molar-refractivity contribution is 5.32. The van der Waals surface area contributed by atoms with Crippen LogP contribution in [0.2, 0.25) is 0 Å². The third-order valence-electron chi connectivity index (χ3n) is 3.19. The van der Waals surface area contributed by atoms with Crippen LogP contribution in [0.4, 0.5) is 0 Å². The normalized spacial score (nSPS) is 30.5. The molecule has 3 N–H and O–H groups in total. The van der Waals surface area contributed by atoms with Gasteiger partial charge in [-0.1, -0.05) is 12.1 Å². The molecule has 1 aromatic carbocycles. The molecule has 1 aliphatic rings. The number of ether oxygens (including phenoxy) is 1. The number of hydrogen-bond acceptors (Lipinski definition) is 3. The molecule has 0 radical (unpaired) electrons. The number of aliphatic hydroxyl groups excluding tert-OH is 1. The molecule has 0 aromatic heterocycles. The molecular formula is C12H17NO2. The van der Waals surface area contributed by atoms with Crippen LogP contribution in [0.5, 0.6) is 5.75 Å². The van der Waals surface area contributed by atoms with Gasteiger partial charge in [-0.3, -0.25) is 0 Å². The van der Waals surface area contributed by atoms with E-state index in [4.69, 9.17) is 10.5 Å². The van der Waals surface area contributed by atoms with Crippen LogP contribution in [0.1, 0.15) is 24.8 Å². The van der Waals surface area contributed by atoms with E-state index in [1.54, 1.807) is 7.11 Å². The van der Waals surface area contributed by atoms with E-state index in [1.807, 2.05) is 24.3 Å². The summed E-state index contributed by atoms with van der Waals surface area (Å²) < 4.78 is 5.10. The van der Waals surface area contributed by atoms with Gasteiger partial charge in [0.15, 0.2) is 0 Å². The molecule has 2 unspecified atom stereocenters. The number of methoxy groups -OCH3 is 1. The van der Waals surface area contributed by atoms with Crippen LogP contribution in [-0.2, 0) is 5.54 Å². The Balaban J connectivity index is 2.22. The van der Waals surface area contributed by atoms with E-state index in [0.717, 1.165) is 24.2 Å². The van der Waals surface area contributed by atoms with Crippen LogP contribution in [0, 0.1) is 0 Å². The summed E-state index contributed by atoms with van der Waals surface area (Å²) in [6, 6.07) is 7.79. The molecule has 2 atom stereocenters. The van der Waals surface area contributed by atoms with Crippen molar-refractivity contribution in [2.75, 3.05) is 7.11 Å². The van der Waals surface area contributed by atoms with Gasteiger partial charge in [-0.25, -0.2) is 0 Å². The summed E-state index contributed by atoms with van der Waals surface area (Å²) in [6.07, 6.45) is 2.04. The summed E-state index contributed by atoms with van der Waals surface area (Å²) in [7, 11) is 1.65. The summed E-state index contributed by atoms with van der Waals surface area (Å²) in [4.78, 5) is 0. The summed E-state index contributed by atoms with van der Waals surface area (Å²) >= 11 is 0. The Bertz CT molecular complexity index is 336. The van der Waals surface area contributed by atoms with Gasteiger partial charge in [-0.05, 0) is 37.0 Å². The third-order valence-corrected chi connectivity index (χ3v) is 3.19. The molecule has 0 heterocycles. The van der Waals surface area contributed by atoms with Crippen molar-refractivity contribution in [1.82, 2.24) is 0 Å². The number of aliphatic hydroxyl groups is 1. The summed E-state index contributed by atoms with van der Waals surface area (Å²) in [6.45, 7) is 0. The highest BCUT2D eigenvalue weighted by atomic mass is 16.5. The first-order valence-corrected chi connectivity index (χ1v) is 5.25. The van der Waals surface area contributed by atoms with Crippen molar-refractivity contribution >= 4 is 0 Å². The van der Waals surface area contributed by atoms with E-state index in [2.05, 4.69) is 0 Å². The average Bonchev–Trinajstić information content (AvgIpc) is 2.60. The zero-order valence-corrected chi connectivity index (χ0v) is 8.94. The Morgan fingerprint density at radius 2 is 2.07 bits per heavy atom. The molecule has 1 aliphatic carbocycles. The van der Waals surface area contributed by atoms with Gasteiger partial charge in [-0.2, -0.15) is 0 Å². The predicted octanol–water partition coefficient (Wildman–Crippen LogP) is 1.39. The molecule has 0 saturated heterocycles. The van der Waals surface area contributed by atoms with Gasteiger partial charge in [0.1, 0.15) is 5.75 Å².